The molecular formula is C19H23ClN4O4. The van der Waals surface area contributed by atoms with Gasteiger partial charge in [-0.3, -0.25) is 14.6 Å². The van der Waals surface area contributed by atoms with Gasteiger partial charge in [0.15, 0.2) is 0 Å². The van der Waals surface area contributed by atoms with E-state index in [0.717, 1.165) is 0 Å². The number of carbonyl (C=O) groups is 1. The largest absolute Gasteiger partial charge is 0.495 e. The van der Waals surface area contributed by atoms with Crippen molar-refractivity contribution in [2.75, 3.05) is 43.6 Å². The van der Waals surface area contributed by atoms with Crippen LogP contribution in [-0.2, 0) is 16.0 Å². The lowest BCUT2D eigenvalue weighted by Crippen LogP contribution is -2.38. The van der Waals surface area contributed by atoms with Crippen molar-refractivity contribution in [1.29, 1.82) is 0 Å². The van der Waals surface area contributed by atoms with Crippen LogP contribution in [-0.4, -0.2) is 49.3 Å². The molecule has 0 unspecified atom stereocenters. The Hall–Kier alpha value is -2.58. The second-order valence-electron chi connectivity index (χ2n) is 6.45. The Morgan fingerprint density at radius 1 is 1.39 bits per heavy atom. The summed E-state index contributed by atoms with van der Waals surface area (Å²) in [5.74, 6) is 0.822. The molecule has 1 aromatic carbocycles. The van der Waals surface area contributed by atoms with E-state index in [1.807, 2.05) is 4.90 Å². The van der Waals surface area contributed by atoms with E-state index < -0.39 is 0 Å². The number of nitrogens with one attached hydrogen (secondary N) is 2. The summed E-state index contributed by atoms with van der Waals surface area (Å²) in [4.78, 5) is 34.1. The van der Waals surface area contributed by atoms with Gasteiger partial charge < -0.3 is 19.7 Å². The van der Waals surface area contributed by atoms with Crippen LogP contribution in [0.5, 0.6) is 5.75 Å². The second-order valence-corrected chi connectivity index (χ2v) is 6.88. The lowest BCUT2D eigenvalue weighted by molar-refractivity contribution is -0.116. The van der Waals surface area contributed by atoms with Crippen LogP contribution >= 0.6 is 11.6 Å². The standard InChI is InChI=1S/C19H23ClN4O4/c1-12-14(18(26)23-19(21-12)24-7-9-28-10-8-24)4-6-17(25)22-15-11-13(20)3-5-16(15)27-2/h3,5,11H,4,6-10H2,1-2H3,(H,22,25)(H,21,23,26). The van der Waals surface area contributed by atoms with Crippen LogP contribution in [0.15, 0.2) is 23.0 Å². The van der Waals surface area contributed by atoms with Crippen LogP contribution in [0.25, 0.3) is 0 Å². The van der Waals surface area contributed by atoms with Crippen molar-refractivity contribution in [1.82, 2.24) is 9.97 Å². The summed E-state index contributed by atoms with van der Waals surface area (Å²) in [6.07, 6.45) is 0.421. The van der Waals surface area contributed by atoms with Crippen LogP contribution in [0.3, 0.4) is 0 Å². The lowest BCUT2D eigenvalue weighted by atomic mass is 10.1. The molecule has 1 aliphatic heterocycles. The third kappa shape index (κ3) is 4.82. The minimum Gasteiger partial charge on any atom is -0.495 e. The maximum absolute atomic E-state index is 12.5. The average molecular weight is 407 g/mol. The molecule has 0 saturated carbocycles. The van der Waals surface area contributed by atoms with E-state index in [1.54, 1.807) is 25.1 Å². The number of H-pyrrole nitrogens is 1. The molecule has 0 bridgehead atoms. The zero-order valence-corrected chi connectivity index (χ0v) is 16.6. The summed E-state index contributed by atoms with van der Waals surface area (Å²) in [6, 6.07) is 4.98. The number of rotatable bonds is 6. The van der Waals surface area contributed by atoms with Gasteiger partial charge in [-0.05, 0) is 31.5 Å². The molecule has 0 aliphatic carbocycles. The number of aryl methyl sites for hydroxylation is 1. The van der Waals surface area contributed by atoms with Gasteiger partial charge in [-0.15, -0.1) is 0 Å². The fourth-order valence-corrected chi connectivity index (χ4v) is 3.22. The molecule has 150 valence electrons. The molecule has 8 nitrogen and oxygen atoms in total. The number of nitrogens with zero attached hydrogens (tertiary/aromatic N) is 2. The summed E-state index contributed by atoms with van der Waals surface area (Å²) in [6.45, 7) is 4.37. The van der Waals surface area contributed by atoms with Crippen LogP contribution in [0.2, 0.25) is 5.02 Å². The molecule has 0 radical (unpaired) electrons. The van der Waals surface area contributed by atoms with Crippen molar-refractivity contribution in [3.63, 3.8) is 0 Å². The number of morpholine rings is 1. The maximum atomic E-state index is 12.5. The number of halogens is 1. The van der Waals surface area contributed by atoms with E-state index in [0.29, 0.717) is 60.0 Å². The fraction of sp³-hybridized carbons (Fsp3) is 0.421. The highest BCUT2D eigenvalue weighted by atomic mass is 35.5. The molecule has 28 heavy (non-hydrogen) atoms. The average Bonchev–Trinajstić information content (AvgIpc) is 2.68. The quantitative estimate of drug-likeness (QED) is 0.763. The van der Waals surface area contributed by atoms with Crippen molar-refractivity contribution in [3.05, 3.63) is 44.8 Å². The highest BCUT2D eigenvalue weighted by Crippen LogP contribution is 2.27. The Kier molecular flexibility index (Phi) is 6.53. The van der Waals surface area contributed by atoms with E-state index in [4.69, 9.17) is 21.1 Å². The molecule has 3 rings (SSSR count). The van der Waals surface area contributed by atoms with Crippen molar-refractivity contribution >= 4 is 29.1 Å². The number of hydrogen-bond donors (Lipinski definition) is 2. The first-order valence-electron chi connectivity index (χ1n) is 9.04. The number of aromatic nitrogens is 2. The van der Waals surface area contributed by atoms with Gasteiger partial charge in [0.1, 0.15) is 5.75 Å². The minimum absolute atomic E-state index is 0.137. The first-order chi connectivity index (χ1) is 13.5. The Morgan fingerprint density at radius 3 is 2.82 bits per heavy atom. The van der Waals surface area contributed by atoms with Gasteiger partial charge in [0.2, 0.25) is 11.9 Å². The van der Waals surface area contributed by atoms with Crippen molar-refractivity contribution < 1.29 is 14.3 Å². The predicted octanol–water partition coefficient (Wildman–Crippen LogP) is 2.15. The molecule has 1 aromatic heterocycles. The van der Waals surface area contributed by atoms with Crippen molar-refractivity contribution in [3.8, 4) is 5.75 Å². The van der Waals surface area contributed by atoms with E-state index >= 15 is 0 Å². The Labute approximate surface area is 167 Å². The summed E-state index contributed by atoms with van der Waals surface area (Å²) >= 11 is 5.98. The number of aromatic amines is 1. The summed E-state index contributed by atoms with van der Waals surface area (Å²) in [5, 5.41) is 3.26. The van der Waals surface area contributed by atoms with E-state index in [2.05, 4.69) is 15.3 Å². The topological polar surface area (TPSA) is 96.5 Å². The van der Waals surface area contributed by atoms with Gasteiger partial charge in [-0.2, -0.15) is 0 Å². The van der Waals surface area contributed by atoms with Crippen molar-refractivity contribution in [2.45, 2.75) is 19.8 Å². The zero-order chi connectivity index (χ0) is 20.1. The van der Waals surface area contributed by atoms with Gasteiger partial charge in [0.25, 0.3) is 5.56 Å². The Balaban J connectivity index is 1.66. The first-order valence-corrected chi connectivity index (χ1v) is 9.41. The smallest absolute Gasteiger partial charge is 0.255 e. The number of methoxy groups -OCH3 is 1. The molecule has 0 atom stereocenters. The second kappa shape index (κ2) is 9.07. The highest BCUT2D eigenvalue weighted by Gasteiger charge is 2.17. The third-order valence-corrected chi connectivity index (χ3v) is 4.79. The molecule has 1 fully saturated rings. The summed E-state index contributed by atoms with van der Waals surface area (Å²) < 4.78 is 10.5. The Bertz CT molecular complexity index is 909. The number of amides is 1. The van der Waals surface area contributed by atoms with Gasteiger partial charge in [0.05, 0.1) is 26.0 Å². The van der Waals surface area contributed by atoms with Gasteiger partial charge in [-0.25, -0.2) is 4.98 Å². The van der Waals surface area contributed by atoms with E-state index in [-0.39, 0.29) is 24.3 Å². The summed E-state index contributed by atoms with van der Waals surface area (Å²) in [7, 11) is 1.52. The Morgan fingerprint density at radius 2 is 2.14 bits per heavy atom. The van der Waals surface area contributed by atoms with Crippen LogP contribution in [0.4, 0.5) is 11.6 Å². The van der Waals surface area contributed by atoms with Gasteiger partial charge in [-0.1, -0.05) is 11.6 Å². The molecule has 9 heteroatoms. The zero-order valence-electron chi connectivity index (χ0n) is 15.9. The van der Waals surface area contributed by atoms with Gasteiger partial charge in [0, 0.05) is 35.8 Å². The number of ether oxygens (including phenoxy) is 2. The number of benzene rings is 1. The van der Waals surface area contributed by atoms with E-state index in [9.17, 15) is 9.59 Å². The highest BCUT2D eigenvalue weighted by molar-refractivity contribution is 6.31. The third-order valence-electron chi connectivity index (χ3n) is 4.56. The molecule has 1 saturated heterocycles. The molecular weight excluding hydrogens is 384 g/mol. The number of anilines is 2. The number of carbonyl (C=O) groups excluding carboxylic acids is 1. The normalized spacial score (nSPS) is 14.0. The van der Waals surface area contributed by atoms with Crippen LogP contribution in [0.1, 0.15) is 17.7 Å². The minimum atomic E-state index is -0.239. The van der Waals surface area contributed by atoms with Crippen molar-refractivity contribution in [2.24, 2.45) is 0 Å². The predicted molar refractivity (Wildman–Crippen MR) is 108 cm³/mol. The van der Waals surface area contributed by atoms with E-state index in [1.165, 1.54) is 7.11 Å². The molecule has 1 aliphatic rings. The monoisotopic (exact) mass is 406 g/mol. The molecule has 2 heterocycles. The molecule has 2 aromatic rings. The summed E-state index contributed by atoms with van der Waals surface area (Å²) in [5.41, 5.74) is 1.40. The SMILES string of the molecule is COc1ccc(Cl)cc1NC(=O)CCc1c(C)nc(N2CCOCC2)[nH]c1=O. The molecule has 2 N–H and O–H groups in total. The molecule has 1 amide bonds. The maximum Gasteiger partial charge on any atom is 0.255 e. The molecule has 0 spiro atoms. The first kappa shape index (κ1) is 20.2. The van der Waals surface area contributed by atoms with Crippen LogP contribution < -0.4 is 20.5 Å². The fourth-order valence-electron chi connectivity index (χ4n) is 3.04. The lowest BCUT2D eigenvalue weighted by Gasteiger charge is -2.27. The van der Waals surface area contributed by atoms with Crippen LogP contribution in [0, 0.1) is 6.92 Å². The number of hydrogen-bond acceptors (Lipinski definition) is 6. The van der Waals surface area contributed by atoms with Gasteiger partial charge >= 0.3 is 0 Å².